The molecule has 0 atom stereocenters. The van der Waals surface area contributed by atoms with Gasteiger partial charge in [-0.05, 0) is 42.3 Å². The second-order valence-electron chi connectivity index (χ2n) is 6.35. The van der Waals surface area contributed by atoms with Crippen LogP contribution in [0.5, 0.6) is 28.7 Å². The highest BCUT2D eigenvalue weighted by Crippen LogP contribution is 2.47. The summed E-state index contributed by atoms with van der Waals surface area (Å²) < 4.78 is 42.3. The fourth-order valence-corrected chi connectivity index (χ4v) is 3.62. The topological polar surface area (TPSA) is 135 Å². The number of aryl methyl sites for hydroxylation is 1. The third-order valence-electron chi connectivity index (χ3n) is 4.47. The number of hydrogen-bond donors (Lipinski definition) is 0. The highest BCUT2D eigenvalue weighted by molar-refractivity contribution is 7.43. The van der Waals surface area contributed by atoms with Crippen LogP contribution in [-0.4, -0.2) is 26.2 Å². The van der Waals surface area contributed by atoms with Crippen molar-refractivity contribution in [2.24, 2.45) is 0 Å². The molecule has 1 aliphatic rings. The van der Waals surface area contributed by atoms with Gasteiger partial charge in [-0.3, -0.25) is 0 Å². The number of aromatic nitrogens is 1. The van der Waals surface area contributed by atoms with Gasteiger partial charge in [-0.15, -0.1) is 0 Å². The Morgan fingerprint density at radius 3 is 2.50 bits per heavy atom. The largest absolute Gasteiger partial charge is 0.780 e. The first-order valence-corrected chi connectivity index (χ1v) is 10.1. The Hall–Kier alpha value is -3.20. The van der Waals surface area contributed by atoms with Crippen molar-refractivity contribution in [1.29, 1.82) is 0 Å². The van der Waals surface area contributed by atoms with Crippen LogP contribution in [0.25, 0.3) is 22.4 Å². The molecule has 0 saturated heterocycles. The van der Waals surface area contributed by atoms with Crippen LogP contribution >= 0.6 is 7.82 Å². The number of rotatable bonds is 6. The Kier molecular flexibility index (Phi) is 5.07. The summed E-state index contributed by atoms with van der Waals surface area (Å²) in [7, 11) is -2.68. The van der Waals surface area contributed by atoms with Gasteiger partial charge in [0.2, 0.25) is 12.5 Å². The molecule has 4 rings (SSSR count). The van der Waals surface area contributed by atoms with Crippen LogP contribution in [0, 0.1) is 6.92 Å². The van der Waals surface area contributed by atoms with E-state index in [4.69, 9.17) is 23.5 Å². The predicted molar refractivity (Wildman–Crippen MR) is 99.6 cm³/mol. The number of hydrogen-bond acceptors (Lipinski definition) is 10. The summed E-state index contributed by atoms with van der Waals surface area (Å²) in [4.78, 5) is 22.4. The molecular formula is C19H16NO9P-2. The number of benzene rings is 2. The first-order valence-electron chi connectivity index (χ1n) is 8.63. The van der Waals surface area contributed by atoms with Gasteiger partial charge in [-0.1, -0.05) is 5.16 Å². The van der Waals surface area contributed by atoms with Crippen molar-refractivity contribution in [2.45, 2.75) is 6.92 Å². The summed E-state index contributed by atoms with van der Waals surface area (Å²) in [5.74, 6) is 1.05. The summed E-state index contributed by atoms with van der Waals surface area (Å²) >= 11 is 0. The molecule has 1 aliphatic heterocycles. The molecule has 2 heterocycles. The molecule has 0 aliphatic carbocycles. The zero-order valence-corrected chi connectivity index (χ0v) is 17.1. The number of nitrogens with zero attached hydrogens (tertiary/aromatic N) is 1. The number of phosphoric ester groups is 1. The van der Waals surface area contributed by atoms with Crippen LogP contribution in [0.2, 0.25) is 0 Å². The maximum absolute atomic E-state index is 11.2. The Morgan fingerprint density at radius 2 is 1.80 bits per heavy atom. The van der Waals surface area contributed by atoms with E-state index in [1.807, 2.05) is 13.0 Å². The molecule has 3 aromatic rings. The van der Waals surface area contributed by atoms with E-state index >= 15 is 0 Å². The summed E-state index contributed by atoms with van der Waals surface area (Å²) in [6, 6.07) is 6.54. The maximum Gasteiger partial charge on any atom is 0.231 e. The summed E-state index contributed by atoms with van der Waals surface area (Å²) in [6.07, 6.45) is 1.38. The second kappa shape index (κ2) is 7.56. The highest BCUT2D eigenvalue weighted by atomic mass is 31.2. The Labute approximate surface area is 171 Å². The molecule has 0 bridgehead atoms. The quantitative estimate of drug-likeness (QED) is 0.533. The highest BCUT2D eigenvalue weighted by Gasteiger charge is 2.23. The Balaban J connectivity index is 1.85. The second-order valence-corrected chi connectivity index (χ2v) is 7.43. The van der Waals surface area contributed by atoms with Crippen molar-refractivity contribution in [3.8, 4) is 51.1 Å². The van der Waals surface area contributed by atoms with Crippen molar-refractivity contribution in [1.82, 2.24) is 5.16 Å². The zero-order chi connectivity index (χ0) is 21.5. The van der Waals surface area contributed by atoms with Crippen molar-refractivity contribution in [3.63, 3.8) is 0 Å². The van der Waals surface area contributed by atoms with Crippen LogP contribution < -0.4 is 33.3 Å². The number of ether oxygens (including phenoxy) is 4. The van der Waals surface area contributed by atoms with Crippen LogP contribution in [0.15, 0.2) is 35.1 Å². The lowest BCUT2D eigenvalue weighted by molar-refractivity contribution is -0.333. The SMILES string of the molecule is COc1cc(-c2conc2-c2cc(C)c3c(c2)OCO3)cc(OP(=O)([O-])[O-])c1OC. The van der Waals surface area contributed by atoms with Crippen molar-refractivity contribution in [2.75, 3.05) is 21.0 Å². The van der Waals surface area contributed by atoms with E-state index in [0.29, 0.717) is 33.9 Å². The van der Waals surface area contributed by atoms with Gasteiger partial charge in [-0.2, -0.15) is 0 Å². The van der Waals surface area contributed by atoms with Gasteiger partial charge in [0.1, 0.15) is 19.8 Å². The molecule has 0 unspecified atom stereocenters. The molecule has 1 aromatic heterocycles. The van der Waals surface area contributed by atoms with Crippen molar-refractivity contribution >= 4 is 7.82 Å². The predicted octanol–water partition coefficient (Wildman–Crippen LogP) is 2.27. The third kappa shape index (κ3) is 3.68. The number of fused-ring (bicyclic) bond motifs is 1. The van der Waals surface area contributed by atoms with E-state index < -0.39 is 7.82 Å². The number of methoxy groups -OCH3 is 2. The normalized spacial score (nSPS) is 12.7. The first kappa shape index (κ1) is 20.1. The summed E-state index contributed by atoms with van der Waals surface area (Å²) in [5, 5.41) is 4.07. The van der Waals surface area contributed by atoms with E-state index in [1.165, 1.54) is 26.5 Å². The average Bonchev–Trinajstić information content (AvgIpc) is 3.35. The lowest BCUT2D eigenvalue weighted by atomic mass is 9.99. The van der Waals surface area contributed by atoms with Gasteiger partial charge in [0, 0.05) is 11.1 Å². The molecular weight excluding hydrogens is 417 g/mol. The average molecular weight is 433 g/mol. The minimum Gasteiger partial charge on any atom is -0.780 e. The smallest absolute Gasteiger partial charge is 0.231 e. The molecule has 0 saturated carbocycles. The molecule has 2 aromatic carbocycles. The summed E-state index contributed by atoms with van der Waals surface area (Å²) in [5.41, 5.74) is 2.94. The van der Waals surface area contributed by atoms with Gasteiger partial charge in [0.15, 0.2) is 23.0 Å². The molecule has 158 valence electrons. The van der Waals surface area contributed by atoms with E-state index in [1.54, 1.807) is 12.1 Å². The van der Waals surface area contributed by atoms with Gasteiger partial charge < -0.3 is 42.3 Å². The molecule has 0 N–H and O–H groups in total. The van der Waals surface area contributed by atoms with E-state index in [9.17, 15) is 14.4 Å². The van der Waals surface area contributed by atoms with Gasteiger partial charge in [0.25, 0.3) is 0 Å². The van der Waals surface area contributed by atoms with E-state index in [-0.39, 0.29) is 24.0 Å². The Morgan fingerprint density at radius 1 is 1.03 bits per heavy atom. The monoisotopic (exact) mass is 433 g/mol. The minimum absolute atomic E-state index is 0.0369. The van der Waals surface area contributed by atoms with E-state index in [0.717, 1.165) is 5.56 Å². The van der Waals surface area contributed by atoms with Crippen LogP contribution in [0.1, 0.15) is 5.56 Å². The molecule has 0 spiro atoms. The molecule has 11 heteroatoms. The van der Waals surface area contributed by atoms with Crippen LogP contribution in [-0.2, 0) is 4.57 Å². The van der Waals surface area contributed by atoms with Gasteiger partial charge in [0.05, 0.1) is 14.2 Å². The zero-order valence-electron chi connectivity index (χ0n) is 16.2. The third-order valence-corrected chi connectivity index (χ3v) is 4.89. The molecule has 0 amide bonds. The van der Waals surface area contributed by atoms with Crippen molar-refractivity contribution < 1.29 is 42.3 Å². The Bertz CT molecular complexity index is 1150. The lowest BCUT2D eigenvalue weighted by Gasteiger charge is -2.30. The summed E-state index contributed by atoms with van der Waals surface area (Å²) in [6.45, 7) is 2.01. The number of phosphoric acid groups is 1. The fourth-order valence-electron chi connectivity index (χ4n) is 3.25. The molecule has 0 radical (unpaired) electrons. The van der Waals surface area contributed by atoms with Crippen LogP contribution in [0.4, 0.5) is 0 Å². The van der Waals surface area contributed by atoms with Crippen molar-refractivity contribution in [3.05, 3.63) is 36.1 Å². The van der Waals surface area contributed by atoms with Gasteiger partial charge in [-0.25, -0.2) is 0 Å². The maximum atomic E-state index is 11.2. The fraction of sp³-hybridized carbons (Fsp3) is 0.211. The standard InChI is InChI=1S/C19H18NO9P/c1-10-4-12(7-15-18(10)27-9-26-15)17-13(8-28-20-17)11-5-14(24-2)19(25-3)16(6-11)29-30(21,22)23/h4-8H,9H2,1-3H3,(H2,21,22,23)/p-2. The molecule has 10 nitrogen and oxygen atoms in total. The minimum atomic E-state index is -5.35. The molecule has 30 heavy (non-hydrogen) atoms. The van der Waals surface area contributed by atoms with Crippen LogP contribution in [0.3, 0.4) is 0 Å². The van der Waals surface area contributed by atoms with E-state index in [2.05, 4.69) is 9.68 Å². The first-order chi connectivity index (χ1) is 14.3. The van der Waals surface area contributed by atoms with Gasteiger partial charge >= 0.3 is 0 Å². The lowest BCUT2D eigenvalue weighted by Crippen LogP contribution is -2.19. The molecule has 0 fully saturated rings.